The molecule has 0 aliphatic carbocycles. The molecular weight excluding hydrogens is 446 g/mol. The minimum absolute atomic E-state index is 0.0624. The summed E-state index contributed by atoms with van der Waals surface area (Å²) in [5.74, 6) is -0.182. The fourth-order valence-electron chi connectivity index (χ4n) is 3.10. The maximum atomic E-state index is 12.8. The van der Waals surface area contributed by atoms with Gasteiger partial charge in [-0.3, -0.25) is 9.59 Å². The summed E-state index contributed by atoms with van der Waals surface area (Å²) < 4.78 is 29.8. The first-order valence-corrected chi connectivity index (χ1v) is 11.2. The Balaban J connectivity index is 1.64. The van der Waals surface area contributed by atoms with Crippen molar-refractivity contribution in [3.63, 3.8) is 0 Å². The van der Waals surface area contributed by atoms with Crippen molar-refractivity contribution in [2.75, 3.05) is 10.6 Å². The number of carbonyl (C=O) groups is 2. The number of hydrogen-bond donors (Lipinski definition) is 3. The van der Waals surface area contributed by atoms with E-state index in [1.54, 1.807) is 47.1 Å². The lowest BCUT2D eigenvalue weighted by atomic mass is 10.2. The minimum atomic E-state index is -3.83. The van der Waals surface area contributed by atoms with Gasteiger partial charge >= 0.3 is 0 Å². The molecule has 0 bridgehead atoms. The van der Waals surface area contributed by atoms with Crippen molar-refractivity contribution >= 4 is 33.2 Å². The number of carbonyl (C=O) groups excluding carboxylic acids is 2. The number of benzene rings is 2. The van der Waals surface area contributed by atoms with Crippen LogP contribution in [0.15, 0.2) is 82.3 Å². The molecule has 0 fully saturated rings. The molecule has 33 heavy (non-hydrogen) atoms. The summed E-state index contributed by atoms with van der Waals surface area (Å²) in [6, 6.07) is 17.4. The van der Waals surface area contributed by atoms with Crippen LogP contribution in [0.25, 0.3) is 17.1 Å². The first kappa shape index (κ1) is 22.0. The first-order valence-electron chi connectivity index (χ1n) is 9.67. The maximum Gasteiger partial charge on any atom is 0.276 e. The fraction of sp³-hybridized carbons (Fsp3) is 0.0455. The maximum absolute atomic E-state index is 12.8. The van der Waals surface area contributed by atoms with Crippen molar-refractivity contribution in [3.8, 4) is 17.1 Å². The molecule has 0 unspecified atom stereocenters. The molecule has 2 heterocycles. The number of amides is 2. The number of hydrogen-bond acceptors (Lipinski definition) is 6. The van der Waals surface area contributed by atoms with Gasteiger partial charge in [-0.25, -0.2) is 18.2 Å². The smallest absolute Gasteiger partial charge is 0.276 e. The number of sulfonamides is 1. The molecule has 4 rings (SSSR count). The van der Waals surface area contributed by atoms with E-state index in [2.05, 4.69) is 15.7 Å². The van der Waals surface area contributed by atoms with Gasteiger partial charge in [-0.05, 0) is 60.7 Å². The molecule has 2 aromatic carbocycles. The van der Waals surface area contributed by atoms with Gasteiger partial charge in [0.1, 0.15) is 5.69 Å². The average Bonchev–Trinajstić information content (AvgIpc) is 3.44. The minimum Gasteiger partial charge on any atom is -0.463 e. The van der Waals surface area contributed by atoms with Crippen LogP contribution in [0, 0.1) is 0 Å². The summed E-state index contributed by atoms with van der Waals surface area (Å²) in [5.41, 5.74) is 2.30. The highest BCUT2D eigenvalue weighted by Crippen LogP contribution is 2.26. The summed E-state index contributed by atoms with van der Waals surface area (Å²) in [4.78, 5) is 24.0. The van der Waals surface area contributed by atoms with Crippen molar-refractivity contribution in [2.45, 2.75) is 11.8 Å². The molecule has 4 aromatic rings. The van der Waals surface area contributed by atoms with Crippen molar-refractivity contribution < 1.29 is 22.4 Å². The SMILES string of the molecule is CC(=O)Nc1ccc(-n2nc(C(=O)Nc3ccc(S(N)(=O)=O)cc3)cc2-c2ccco2)cc1. The van der Waals surface area contributed by atoms with Crippen LogP contribution in [0.1, 0.15) is 17.4 Å². The lowest BCUT2D eigenvalue weighted by Gasteiger charge is -2.07. The predicted molar refractivity (Wildman–Crippen MR) is 121 cm³/mol. The lowest BCUT2D eigenvalue weighted by Crippen LogP contribution is -2.14. The Morgan fingerprint density at radius 2 is 1.61 bits per heavy atom. The molecule has 10 nitrogen and oxygen atoms in total. The highest BCUT2D eigenvalue weighted by atomic mass is 32.2. The molecule has 0 atom stereocenters. The van der Waals surface area contributed by atoms with Crippen LogP contribution in [0.4, 0.5) is 11.4 Å². The number of primary sulfonamides is 1. The van der Waals surface area contributed by atoms with Gasteiger partial charge in [0.15, 0.2) is 11.5 Å². The van der Waals surface area contributed by atoms with Crippen LogP contribution >= 0.6 is 0 Å². The molecule has 0 saturated heterocycles. The van der Waals surface area contributed by atoms with Crippen molar-refractivity contribution in [1.29, 1.82) is 0 Å². The number of rotatable bonds is 6. The molecule has 0 aliphatic rings. The van der Waals surface area contributed by atoms with E-state index in [1.165, 1.54) is 37.5 Å². The molecule has 0 aliphatic heterocycles. The Morgan fingerprint density at radius 1 is 0.970 bits per heavy atom. The van der Waals surface area contributed by atoms with Gasteiger partial charge in [-0.15, -0.1) is 0 Å². The monoisotopic (exact) mass is 465 g/mol. The van der Waals surface area contributed by atoms with Crippen LogP contribution in [-0.2, 0) is 14.8 Å². The van der Waals surface area contributed by atoms with E-state index in [1.807, 2.05) is 0 Å². The van der Waals surface area contributed by atoms with Crippen LogP contribution < -0.4 is 15.8 Å². The van der Waals surface area contributed by atoms with E-state index in [0.717, 1.165) is 0 Å². The molecule has 2 amide bonds. The summed E-state index contributed by atoms with van der Waals surface area (Å²) in [6.45, 7) is 1.42. The van der Waals surface area contributed by atoms with Gasteiger partial charge < -0.3 is 15.1 Å². The Bertz CT molecular complexity index is 1410. The Labute approximate surface area is 189 Å². The summed E-state index contributed by atoms with van der Waals surface area (Å²) in [5, 5.41) is 14.9. The van der Waals surface area contributed by atoms with Crippen molar-refractivity contribution in [1.82, 2.24) is 9.78 Å². The highest BCUT2D eigenvalue weighted by Gasteiger charge is 2.19. The zero-order chi connectivity index (χ0) is 23.6. The van der Waals surface area contributed by atoms with Gasteiger partial charge in [0.2, 0.25) is 15.9 Å². The van der Waals surface area contributed by atoms with E-state index in [9.17, 15) is 18.0 Å². The molecule has 2 aromatic heterocycles. The second kappa shape index (κ2) is 8.73. The second-order valence-electron chi connectivity index (χ2n) is 7.06. The molecule has 4 N–H and O–H groups in total. The third kappa shape index (κ3) is 5.00. The lowest BCUT2D eigenvalue weighted by molar-refractivity contribution is -0.114. The van der Waals surface area contributed by atoms with E-state index < -0.39 is 15.9 Å². The number of anilines is 2. The standard InChI is InChI=1S/C22H19N5O5S/c1-14(28)24-15-4-8-17(9-5-15)27-20(21-3-2-12-32-21)13-19(26-27)22(29)25-16-6-10-18(11-7-16)33(23,30)31/h2-13H,1H3,(H,24,28)(H,25,29)(H2,23,30,31). The van der Waals surface area contributed by atoms with Gasteiger partial charge in [0.05, 0.1) is 16.8 Å². The molecule has 0 radical (unpaired) electrons. The van der Waals surface area contributed by atoms with E-state index in [0.29, 0.717) is 28.5 Å². The molecule has 0 spiro atoms. The summed E-state index contributed by atoms with van der Waals surface area (Å²) >= 11 is 0. The third-order valence-corrected chi connectivity index (χ3v) is 5.52. The van der Waals surface area contributed by atoms with Crippen molar-refractivity contribution in [3.05, 3.63) is 78.7 Å². The van der Waals surface area contributed by atoms with Gasteiger partial charge in [0.25, 0.3) is 5.91 Å². The third-order valence-electron chi connectivity index (χ3n) is 4.59. The number of nitrogens with two attached hydrogens (primary N) is 1. The molecule has 168 valence electrons. The number of aromatic nitrogens is 2. The van der Waals surface area contributed by atoms with Crippen LogP contribution in [-0.4, -0.2) is 30.0 Å². The predicted octanol–water partition coefficient (Wildman–Crippen LogP) is 2.99. The zero-order valence-corrected chi connectivity index (χ0v) is 18.2. The largest absolute Gasteiger partial charge is 0.463 e. The average molecular weight is 465 g/mol. The number of nitrogens with one attached hydrogen (secondary N) is 2. The fourth-order valence-corrected chi connectivity index (χ4v) is 3.62. The van der Waals surface area contributed by atoms with Crippen molar-refractivity contribution in [2.24, 2.45) is 5.14 Å². The Kier molecular flexibility index (Phi) is 5.82. The molecular formula is C22H19N5O5S. The second-order valence-corrected chi connectivity index (χ2v) is 8.62. The van der Waals surface area contributed by atoms with E-state index >= 15 is 0 Å². The topological polar surface area (TPSA) is 149 Å². The van der Waals surface area contributed by atoms with Gasteiger partial charge in [-0.2, -0.15) is 5.10 Å². The van der Waals surface area contributed by atoms with Gasteiger partial charge in [-0.1, -0.05) is 0 Å². The summed E-state index contributed by atoms with van der Waals surface area (Å²) in [7, 11) is -3.83. The van der Waals surface area contributed by atoms with E-state index in [4.69, 9.17) is 9.56 Å². The Hall–Kier alpha value is -4.22. The zero-order valence-electron chi connectivity index (χ0n) is 17.3. The quantitative estimate of drug-likeness (QED) is 0.398. The van der Waals surface area contributed by atoms with Gasteiger partial charge in [0, 0.05) is 24.4 Å². The number of nitrogens with zero attached hydrogens (tertiary/aromatic N) is 2. The normalized spacial score (nSPS) is 11.2. The first-order chi connectivity index (χ1) is 15.7. The molecule has 11 heteroatoms. The van der Waals surface area contributed by atoms with E-state index in [-0.39, 0.29) is 16.5 Å². The Morgan fingerprint density at radius 3 is 2.18 bits per heavy atom. The van der Waals surface area contributed by atoms with Crippen LogP contribution in [0.2, 0.25) is 0 Å². The highest BCUT2D eigenvalue weighted by molar-refractivity contribution is 7.89. The van der Waals surface area contributed by atoms with Crippen LogP contribution in [0.3, 0.4) is 0 Å². The van der Waals surface area contributed by atoms with Crippen LogP contribution in [0.5, 0.6) is 0 Å². The summed E-state index contributed by atoms with van der Waals surface area (Å²) in [6.07, 6.45) is 1.51. The number of furan rings is 1. The molecule has 0 saturated carbocycles.